The average molecular weight is 269 g/mol. The van der Waals surface area contributed by atoms with E-state index >= 15 is 0 Å². The van der Waals surface area contributed by atoms with E-state index in [1.807, 2.05) is 0 Å². The van der Waals surface area contributed by atoms with Crippen LogP contribution in [0.3, 0.4) is 0 Å². The van der Waals surface area contributed by atoms with E-state index in [1.165, 1.54) is 15.9 Å². The van der Waals surface area contributed by atoms with Crippen molar-refractivity contribution >= 4 is 27.3 Å². The lowest BCUT2D eigenvalue weighted by atomic mass is 9.74. The van der Waals surface area contributed by atoms with Gasteiger partial charge < -0.3 is 4.57 Å². The van der Waals surface area contributed by atoms with E-state index in [2.05, 4.69) is 58.2 Å². The molecule has 96 valence electrons. The van der Waals surface area contributed by atoms with Crippen molar-refractivity contribution in [1.82, 2.24) is 4.57 Å². The molecule has 4 rings (SSSR count). The van der Waals surface area contributed by atoms with E-state index in [0.717, 1.165) is 23.6 Å². The Kier molecular flexibility index (Phi) is 2.45. The molecule has 2 unspecified atom stereocenters. The van der Waals surface area contributed by atoms with Gasteiger partial charge >= 0.3 is 0 Å². The number of benzene rings is 1. The van der Waals surface area contributed by atoms with Crippen LogP contribution in [0.1, 0.15) is 12.8 Å². The monoisotopic (exact) mass is 269 g/mol. The molecular formula is C15H15N3S. The molecule has 2 atom stereocenters. The molecule has 3 nitrogen and oxygen atoms in total. The van der Waals surface area contributed by atoms with E-state index in [4.69, 9.17) is 0 Å². The van der Waals surface area contributed by atoms with Crippen LogP contribution in [0.4, 0.5) is 0 Å². The van der Waals surface area contributed by atoms with Crippen LogP contribution in [0.25, 0.3) is 10.2 Å². The number of allylic oxidation sites excluding steroid dienone is 2. The molecule has 4 heteroatoms. The van der Waals surface area contributed by atoms with Crippen LogP contribution < -0.4 is 4.80 Å². The second-order valence-corrected chi connectivity index (χ2v) is 6.25. The summed E-state index contributed by atoms with van der Waals surface area (Å²) in [7, 11) is 2.05. The van der Waals surface area contributed by atoms with Crippen molar-refractivity contribution in [2.24, 2.45) is 29.1 Å². The summed E-state index contributed by atoms with van der Waals surface area (Å²) in [4.78, 5) is 0.975. The van der Waals surface area contributed by atoms with Crippen molar-refractivity contribution in [1.29, 1.82) is 0 Å². The Morgan fingerprint density at radius 2 is 2.16 bits per heavy atom. The summed E-state index contributed by atoms with van der Waals surface area (Å²) in [6.45, 7) is 0. The molecule has 1 fully saturated rings. The number of para-hydroxylation sites is 1. The number of aromatic nitrogens is 1. The molecule has 0 saturated heterocycles. The molecule has 0 aliphatic heterocycles. The third-order valence-electron chi connectivity index (χ3n) is 4.14. The predicted octanol–water partition coefficient (Wildman–Crippen LogP) is 3.09. The maximum absolute atomic E-state index is 4.49. The number of thiazole rings is 1. The number of fused-ring (bicyclic) bond motifs is 2. The summed E-state index contributed by atoms with van der Waals surface area (Å²) >= 11 is 1.70. The predicted molar refractivity (Wildman–Crippen MR) is 79.1 cm³/mol. The Morgan fingerprint density at radius 1 is 1.26 bits per heavy atom. The Hall–Kier alpha value is -1.68. The first-order valence-electron chi connectivity index (χ1n) is 6.64. The van der Waals surface area contributed by atoms with Gasteiger partial charge in [0.05, 0.1) is 10.2 Å². The highest BCUT2D eigenvalue weighted by Crippen LogP contribution is 2.40. The zero-order valence-electron chi connectivity index (χ0n) is 10.8. The summed E-state index contributed by atoms with van der Waals surface area (Å²) in [6.07, 6.45) is 6.84. The van der Waals surface area contributed by atoms with Crippen molar-refractivity contribution in [3.05, 3.63) is 41.2 Å². The van der Waals surface area contributed by atoms with E-state index in [1.54, 1.807) is 11.3 Å². The van der Waals surface area contributed by atoms with Gasteiger partial charge in [-0.1, -0.05) is 35.6 Å². The third-order valence-corrected chi connectivity index (χ3v) is 5.24. The number of rotatable bonds is 1. The van der Waals surface area contributed by atoms with Crippen LogP contribution in [0.2, 0.25) is 0 Å². The maximum Gasteiger partial charge on any atom is 0.211 e. The topological polar surface area (TPSA) is 29.6 Å². The van der Waals surface area contributed by atoms with E-state index in [9.17, 15) is 0 Å². The summed E-state index contributed by atoms with van der Waals surface area (Å²) in [5.41, 5.74) is 2.49. The highest BCUT2D eigenvalue weighted by molar-refractivity contribution is 7.16. The molecule has 0 radical (unpaired) electrons. The normalized spacial score (nSPS) is 28.1. The first-order chi connectivity index (χ1) is 9.33. The molecular weight excluding hydrogens is 254 g/mol. The summed E-state index contributed by atoms with van der Waals surface area (Å²) in [6, 6.07) is 8.38. The van der Waals surface area contributed by atoms with E-state index < -0.39 is 0 Å². The van der Waals surface area contributed by atoms with Gasteiger partial charge in [0.1, 0.15) is 0 Å². The van der Waals surface area contributed by atoms with Crippen LogP contribution in [0, 0.1) is 11.8 Å². The van der Waals surface area contributed by atoms with Crippen molar-refractivity contribution in [2.75, 3.05) is 0 Å². The molecule has 1 aromatic heterocycles. The van der Waals surface area contributed by atoms with Gasteiger partial charge in [-0.05, 0) is 30.9 Å². The fourth-order valence-corrected chi connectivity index (χ4v) is 3.90. The lowest BCUT2D eigenvalue weighted by molar-refractivity contribution is 0.465. The van der Waals surface area contributed by atoms with E-state index in [0.29, 0.717) is 5.92 Å². The number of hydrogen-bond donors (Lipinski definition) is 0. The van der Waals surface area contributed by atoms with Crippen LogP contribution in [0.5, 0.6) is 0 Å². The second-order valence-electron chi connectivity index (χ2n) is 5.24. The summed E-state index contributed by atoms with van der Waals surface area (Å²) < 4.78 is 3.38. The molecule has 2 aliphatic rings. The molecule has 1 heterocycles. The van der Waals surface area contributed by atoms with Gasteiger partial charge in [-0.25, -0.2) is 0 Å². The van der Waals surface area contributed by atoms with Gasteiger partial charge in [0, 0.05) is 18.7 Å². The second kappa shape index (κ2) is 4.17. The minimum atomic E-state index is 0.642. The van der Waals surface area contributed by atoms with Gasteiger partial charge in [0.2, 0.25) is 4.80 Å². The van der Waals surface area contributed by atoms with Gasteiger partial charge in [-0.15, -0.1) is 5.10 Å². The smallest absolute Gasteiger partial charge is 0.211 e. The van der Waals surface area contributed by atoms with E-state index in [-0.39, 0.29) is 0 Å². The lowest BCUT2D eigenvalue weighted by Gasteiger charge is -2.31. The van der Waals surface area contributed by atoms with Crippen LogP contribution in [0.15, 0.2) is 46.6 Å². The molecule has 2 aromatic rings. The zero-order chi connectivity index (χ0) is 12.8. The fourth-order valence-electron chi connectivity index (χ4n) is 2.93. The Labute approximate surface area is 115 Å². The minimum absolute atomic E-state index is 0.642. The Balaban J connectivity index is 1.73. The molecule has 19 heavy (non-hydrogen) atoms. The third kappa shape index (κ3) is 1.70. The van der Waals surface area contributed by atoms with Gasteiger partial charge in [-0.3, -0.25) is 0 Å². The summed E-state index contributed by atoms with van der Waals surface area (Å²) in [5, 5.41) is 8.96. The fraction of sp³-hybridized carbons (Fsp3) is 0.333. The van der Waals surface area contributed by atoms with Crippen LogP contribution >= 0.6 is 11.3 Å². The van der Waals surface area contributed by atoms with Gasteiger partial charge in [0.25, 0.3) is 0 Å². The van der Waals surface area contributed by atoms with Crippen molar-refractivity contribution in [2.45, 2.75) is 12.8 Å². The summed E-state index contributed by atoms with van der Waals surface area (Å²) in [5.74, 6) is 1.38. The average Bonchev–Trinajstić information content (AvgIpc) is 2.93. The zero-order valence-corrected chi connectivity index (χ0v) is 11.6. The van der Waals surface area contributed by atoms with Crippen molar-refractivity contribution in [3.63, 3.8) is 0 Å². The molecule has 0 bridgehead atoms. The van der Waals surface area contributed by atoms with Crippen molar-refractivity contribution in [3.8, 4) is 0 Å². The number of aryl methyl sites for hydroxylation is 1. The molecule has 1 aromatic carbocycles. The standard InChI is InChI=1S/C15H15N3S/c1-18-13-7-2-3-8-14(13)19-15(18)17-16-12-9-10-5-4-6-11(10)12/h2-5,7-8,10-11H,6,9H2,1H3/b16-12+,17-15-. The highest BCUT2D eigenvalue weighted by atomic mass is 32.1. The van der Waals surface area contributed by atoms with Crippen molar-refractivity contribution < 1.29 is 0 Å². The largest absolute Gasteiger partial charge is 0.318 e. The Morgan fingerprint density at radius 3 is 3.00 bits per heavy atom. The van der Waals surface area contributed by atoms with Gasteiger partial charge in [0.15, 0.2) is 0 Å². The lowest BCUT2D eigenvalue weighted by Crippen LogP contribution is -2.33. The Bertz CT molecular complexity index is 763. The molecule has 1 saturated carbocycles. The maximum atomic E-state index is 4.49. The number of nitrogens with zero attached hydrogens (tertiary/aromatic N) is 3. The quantitative estimate of drug-likeness (QED) is 0.562. The molecule has 2 aliphatic carbocycles. The molecule has 0 amide bonds. The first kappa shape index (κ1) is 11.2. The highest BCUT2D eigenvalue weighted by Gasteiger charge is 2.37. The SMILES string of the molecule is Cn1/c(=N/N=C2\CC3C=CCC23)sc2ccccc21. The van der Waals surface area contributed by atoms with Gasteiger partial charge in [-0.2, -0.15) is 5.10 Å². The van der Waals surface area contributed by atoms with Crippen LogP contribution in [-0.4, -0.2) is 10.3 Å². The molecule has 0 N–H and O–H groups in total. The molecule has 0 spiro atoms. The van der Waals surface area contributed by atoms with Crippen LogP contribution in [-0.2, 0) is 7.05 Å². The minimum Gasteiger partial charge on any atom is -0.318 e. The number of hydrogen-bond acceptors (Lipinski definition) is 3. The first-order valence-corrected chi connectivity index (χ1v) is 7.46.